The van der Waals surface area contributed by atoms with E-state index >= 15 is 0 Å². The number of hydrogen-bond donors (Lipinski definition) is 5. The van der Waals surface area contributed by atoms with Gasteiger partial charge in [-0.05, 0) is 37.5 Å². The smallest absolute Gasteiger partial charge is 0.315 e. The standard InChI is InChI=1S/C20H31Cl2N5O2/c21-16-10-9-14(13-17(16)22)23-20(28)25-19-24-18(26-29)11-12-27(19)15-7-5-3-1-2-4-6-8-15/h9-10,13,15,18-19,24,26,29H,1-8,11-12H2,(H2,23,25,28). The van der Waals surface area contributed by atoms with Crippen molar-refractivity contribution < 1.29 is 10.0 Å². The molecule has 0 spiro atoms. The molecule has 2 aliphatic rings. The molecular formula is C20H31Cl2N5O2. The Morgan fingerprint density at radius 2 is 1.72 bits per heavy atom. The number of urea groups is 1. The molecule has 7 nitrogen and oxygen atoms in total. The highest BCUT2D eigenvalue weighted by molar-refractivity contribution is 6.42. The number of nitrogens with zero attached hydrogens (tertiary/aromatic N) is 1. The van der Waals surface area contributed by atoms with Crippen LogP contribution in [0.4, 0.5) is 10.5 Å². The van der Waals surface area contributed by atoms with Crippen LogP contribution in [-0.4, -0.2) is 41.2 Å². The number of amides is 2. The van der Waals surface area contributed by atoms with E-state index in [9.17, 15) is 10.0 Å². The lowest BCUT2D eigenvalue weighted by molar-refractivity contribution is -0.00547. The fourth-order valence-corrected chi connectivity index (χ4v) is 4.50. The zero-order valence-corrected chi connectivity index (χ0v) is 18.1. The van der Waals surface area contributed by atoms with Crippen LogP contribution in [0.1, 0.15) is 57.8 Å². The molecular weight excluding hydrogens is 413 g/mol. The number of carbonyl (C=O) groups is 1. The summed E-state index contributed by atoms with van der Waals surface area (Å²) in [5.41, 5.74) is 2.85. The van der Waals surface area contributed by atoms with Gasteiger partial charge in [0, 0.05) is 18.3 Å². The van der Waals surface area contributed by atoms with E-state index in [1.807, 2.05) is 0 Å². The Labute approximate surface area is 182 Å². The highest BCUT2D eigenvalue weighted by Gasteiger charge is 2.33. The van der Waals surface area contributed by atoms with E-state index in [0.717, 1.165) is 25.8 Å². The van der Waals surface area contributed by atoms with Gasteiger partial charge in [0.15, 0.2) is 0 Å². The highest BCUT2D eigenvalue weighted by Crippen LogP contribution is 2.26. The number of anilines is 1. The summed E-state index contributed by atoms with van der Waals surface area (Å²) >= 11 is 12.0. The zero-order valence-electron chi connectivity index (χ0n) is 16.6. The summed E-state index contributed by atoms with van der Waals surface area (Å²) in [7, 11) is 0. The van der Waals surface area contributed by atoms with Crippen LogP contribution in [-0.2, 0) is 0 Å². The lowest BCUT2D eigenvalue weighted by Gasteiger charge is -2.44. The molecule has 0 aromatic heterocycles. The molecule has 0 radical (unpaired) electrons. The molecule has 1 aliphatic carbocycles. The number of nitrogens with one attached hydrogen (secondary N) is 4. The summed E-state index contributed by atoms with van der Waals surface area (Å²) in [6.45, 7) is 0.799. The van der Waals surface area contributed by atoms with Crippen molar-refractivity contribution >= 4 is 34.9 Å². The van der Waals surface area contributed by atoms with Gasteiger partial charge in [-0.2, -0.15) is 5.48 Å². The van der Waals surface area contributed by atoms with Crippen molar-refractivity contribution in [1.82, 2.24) is 21.0 Å². The molecule has 29 heavy (non-hydrogen) atoms. The van der Waals surface area contributed by atoms with Gasteiger partial charge in [0.2, 0.25) is 0 Å². The summed E-state index contributed by atoms with van der Waals surface area (Å²) in [6, 6.07) is 5.04. The van der Waals surface area contributed by atoms with Crippen LogP contribution in [0.5, 0.6) is 0 Å². The molecule has 2 atom stereocenters. The number of rotatable bonds is 4. The van der Waals surface area contributed by atoms with Crippen molar-refractivity contribution in [2.24, 2.45) is 0 Å². The van der Waals surface area contributed by atoms with Crippen LogP contribution in [0.3, 0.4) is 0 Å². The van der Waals surface area contributed by atoms with E-state index in [4.69, 9.17) is 23.2 Å². The van der Waals surface area contributed by atoms with Crippen LogP contribution in [0, 0.1) is 0 Å². The van der Waals surface area contributed by atoms with Gasteiger partial charge >= 0.3 is 6.03 Å². The molecule has 9 heteroatoms. The molecule has 162 valence electrons. The minimum atomic E-state index is -0.373. The summed E-state index contributed by atoms with van der Waals surface area (Å²) in [4.78, 5) is 15.0. The van der Waals surface area contributed by atoms with Crippen molar-refractivity contribution in [3.8, 4) is 0 Å². The molecule has 1 aromatic carbocycles. The number of benzene rings is 1. The topological polar surface area (TPSA) is 88.7 Å². The number of halogens is 2. The van der Waals surface area contributed by atoms with Crippen molar-refractivity contribution in [2.75, 3.05) is 11.9 Å². The Bertz CT molecular complexity index is 668. The van der Waals surface area contributed by atoms with Crippen molar-refractivity contribution in [1.29, 1.82) is 0 Å². The summed E-state index contributed by atoms with van der Waals surface area (Å²) < 4.78 is 0. The minimum Gasteiger partial charge on any atom is -0.315 e. The first-order valence-corrected chi connectivity index (χ1v) is 11.3. The predicted octanol–water partition coefficient (Wildman–Crippen LogP) is 4.50. The lowest BCUT2D eigenvalue weighted by Crippen LogP contribution is -2.68. The van der Waals surface area contributed by atoms with E-state index in [1.54, 1.807) is 18.2 Å². The molecule has 1 saturated carbocycles. The summed E-state index contributed by atoms with van der Waals surface area (Å²) in [5.74, 6) is 0. The number of carbonyl (C=O) groups excluding carboxylic acids is 1. The molecule has 1 aliphatic heterocycles. The van der Waals surface area contributed by atoms with E-state index in [1.165, 1.54) is 38.5 Å². The molecule has 2 unspecified atom stereocenters. The molecule has 2 amide bonds. The molecule has 3 rings (SSSR count). The maximum atomic E-state index is 12.6. The Morgan fingerprint density at radius 3 is 2.38 bits per heavy atom. The number of hydroxylamine groups is 1. The van der Waals surface area contributed by atoms with Crippen LogP contribution in [0.15, 0.2) is 18.2 Å². The maximum Gasteiger partial charge on any atom is 0.321 e. The van der Waals surface area contributed by atoms with Gasteiger partial charge in [-0.1, -0.05) is 61.7 Å². The van der Waals surface area contributed by atoms with Crippen molar-refractivity contribution in [2.45, 2.75) is 76.3 Å². The average molecular weight is 444 g/mol. The van der Waals surface area contributed by atoms with Crippen molar-refractivity contribution in [3.05, 3.63) is 28.2 Å². The van der Waals surface area contributed by atoms with Crippen LogP contribution in [0.25, 0.3) is 0 Å². The normalized spacial score (nSPS) is 24.9. The van der Waals surface area contributed by atoms with E-state index in [-0.39, 0.29) is 18.5 Å². The third-order valence-corrected chi connectivity index (χ3v) is 6.50. The van der Waals surface area contributed by atoms with Gasteiger partial charge in [0.1, 0.15) is 6.29 Å². The minimum absolute atomic E-state index is 0.266. The van der Waals surface area contributed by atoms with E-state index in [2.05, 4.69) is 26.3 Å². The molecule has 1 heterocycles. The largest absolute Gasteiger partial charge is 0.321 e. The van der Waals surface area contributed by atoms with Crippen LogP contribution < -0.4 is 21.4 Å². The average Bonchev–Trinajstić information content (AvgIpc) is 2.84. The van der Waals surface area contributed by atoms with Gasteiger partial charge in [-0.3, -0.25) is 10.2 Å². The third kappa shape index (κ3) is 6.70. The van der Waals surface area contributed by atoms with Gasteiger partial charge in [-0.25, -0.2) is 4.79 Å². The maximum absolute atomic E-state index is 12.6. The second-order valence-corrected chi connectivity index (χ2v) is 8.67. The first kappa shape index (κ1) is 22.6. The first-order chi connectivity index (χ1) is 14.1. The molecule has 1 saturated heterocycles. The lowest BCUT2D eigenvalue weighted by atomic mass is 10.0. The van der Waals surface area contributed by atoms with E-state index < -0.39 is 0 Å². The van der Waals surface area contributed by atoms with Gasteiger partial charge in [0.05, 0.1) is 16.2 Å². The van der Waals surface area contributed by atoms with Crippen molar-refractivity contribution in [3.63, 3.8) is 0 Å². The predicted molar refractivity (Wildman–Crippen MR) is 116 cm³/mol. The summed E-state index contributed by atoms with van der Waals surface area (Å²) in [6.07, 6.45) is 9.99. The molecule has 1 aromatic rings. The summed E-state index contributed by atoms with van der Waals surface area (Å²) in [5, 5.41) is 19.3. The Morgan fingerprint density at radius 1 is 1.03 bits per heavy atom. The third-order valence-electron chi connectivity index (χ3n) is 5.76. The SMILES string of the molecule is O=C(Nc1ccc(Cl)c(Cl)c1)NC1NC(NO)CCN1C1CCCCCCCC1. The fourth-order valence-electron chi connectivity index (χ4n) is 4.20. The van der Waals surface area contributed by atoms with Gasteiger partial charge in [0.25, 0.3) is 0 Å². The van der Waals surface area contributed by atoms with E-state index in [0.29, 0.717) is 21.8 Å². The fraction of sp³-hybridized carbons (Fsp3) is 0.650. The Kier molecular flexibility index (Phi) is 8.84. The highest BCUT2D eigenvalue weighted by atomic mass is 35.5. The number of hydrogen-bond acceptors (Lipinski definition) is 5. The Balaban J connectivity index is 1.65. The first-order valence-electron chi connectivity index (χ1n) is 10.5. The van der Waals surface area contributed by atoms with Crippen LogP contribution in [0.2, 0.25) is 10.0 Å². The molecule has 0 bridgehead atoms. The zero-order chi connectivity index (χ0) is 20.6. The Hall–Kier alpha value is -1.09. The monoisotopic (exact) mass is 443 g/mol. The van der Waals surface area contributed by atoms with Gasteiger partial charge in [-0.15, -0.1) is 0 Å². The van der Waals surface area contributed by atoms with Gasteiger partial charge < -0.3 is 15.8 Å². The van der Waals surface area contributed by atoms with Crippen LogP contribution >= 0.6 is 23.2 Å². The second-order valence-electron chi connectivity index (χ2n) is 7.86. The quantitative estimate of drug-likeness (QED) is 0.442. The molecule has 2 fully saturated rings. The second kappa shape index (κ2) is 11.3. The molecule has 5 N–H and O–H groups in total.